The molecule has 2 heterocycles. The smallest absolute Gasteiger partial charge is 0.125 e. The molecule has 25 heavy (non-hydrogen) atoms. The van der Waals surface area contributed by atoms with Gasteiger partial charge < -0.3 is 19.7 Å². The summed E-state index contributed by atoms with van der Waals surface area (Å²) in [5.74, 6) is 1.65. The first-order valence-corrected chi connectivity index (χ1v) is 9.24. The minimum atomic E-state index is 0.367. The molecule has 1 aliphatic carbocycles. The molecule has 7 heteroatoms. The number of ether oxygens (including phenoxy) is 2. The van der Waals surface area contributed by atoms with Gasteiger partial charge in [-0.25, -0.2) is 0 Å². The third kappa shape index (κ3) is 3.15. The maximum absolute atomic E-state index is 8.24. The molecule has 0 saturated heterocycles. The fraction of sp³-hybridized carbons (Fsp3) is 0.667. The second-order valence-electron chi connectivity index (χ2n) is 6.88. The topological polar surface area (TPSA) is 82.5 Å². The van der Waals surface area contributed by atoms with Crippen molar-refractivity contribution < 1.29 is 9.47 Å². The normalized spacial score (nSPS) is 23.6. The van der Waals surface area contributed by atoms with E-state index in [-0.39, 0.29) is 0 Å². The van der Waals surface area contributed by atoms with Crippen molar-refractivity contribution >= 4 is 5.69 Å². The quantitative estimate of drug-likeness (QED) is 0.357. The molecule has 1 fully saturated rings. The standard InChI is InChI=1S/C18H25N5O2/c19-22-21-7-9-24-10-11-25-16-5-4-13-12-20-6-8-23-15-3-1-2-14(15)17(16)18(13)23/h4-5,14-15,20H,1-3,6-12H2/t14-,15+/m0/s1. The van der Waals surface area contributed by atoms with E-state index in [2.05, 4.69) is 32.4 Å². The molecule has 0 aromatic heterocycles. The Morgan fingerprint density at radius 2 is 2.24 bits per heavy atom. The van der Waals surface area contributed by atoms with Gasteiger partial charge in [0.25, 0.3) is 0 Å². The number of nitrogens with one attached hydrogen (secondary N) is 1. The third-order valence-corrected chi connectivity index (χ3v) is 5.53. The highest BCUT2D eigenvalue weighted by atomic mass is 16.5. The fourth-order valence-electron chi connectivity index (χ4n) is 4.58. The summed E-state index contributed by atoms with van der Waals surface area (Å²) in [6, 6.07) is 5.00. The average Bonchev–Trinajstić information content (AvgIpc) is 3.14. The molecular formula is C18H25N5O2. The van der Waals surface area contributed by atoms with Crippen molar-refractivity contribution in [3.8, 4) is 5.75 Å². The van der Waals surface area contributed by atoms with E-state index in [1.165, 1.54) is 36.1 Å². The summed E-state index contributed by atoms with van der Waals surface area (Å²) in [5, 5.41) is 6.99. The summed E-state index contributed by atoms with van der Waals surface area (Å²) < 4.78 is 11.6. The van der Waals surface area contributed by atoms with E-state index >= 15 is 0 Å². The molecule has 0 radical (unpaired) electrons. The highest BCUT2D eigenvalue weighted by Crippen LogP contribution is 2.54. The van der Waals surface area contributed by atoms with E-state index in [9.17, 15) is 0 Å². The Bertz CT molecular complexity index is 674. The highest BCUT2D eigenvalue weighted by Gasteiger charge is 2.44. The number of hydrogen-bond donors (Lipinski definition) is 1. The highest BCUT2D eigenvalue weighted by molar-refractivity contribution is 5.71. The van der Waals surface area contributed by atoms with Crippen LogP contribution in [0.2, 0.25) is 0 Å². The van der Waals surface area contributed by atoms with Gasteiger partial charge in [0, 0.05) is 54.3 Å². The van der Waals surface area contributed by atoms with Crippen LogP contribution >= 0.6 is 0 Å². The van der Waals surface area contributed by atoms with Gasteiger partial charge in [-0.1, -0.05) is 17.6 Å². The summed E-state index contributed by atoms with van der Waals surface area (Å²) >= 11 is 0. The van der Waals surface area contributed by atoms with Crippen LogP contribution < -0.4 is 15.0 Å². The molecule has 0 bridgehead atoms. The largest absolute Gasteiger partial charge is 0.491 e. The van der Waals surface area contributed by atoms with Gasteiger partial charge in [-0.3, -0.25) is 0 Å². The van der Waals surface area contributed by atoms with Crippen molar-refractivity contribution in [2.75, 3.05) is 44.4 Å². The van der Waals surface area contributed by atoms with Crippen LogP contribution in [0.1, 0.15) is 36.3 Å². The Kier molecular flexibility index (Phi) is 4.97. The SMILES string of the molecule is [N-]=[N+]=NCCOCCOc1ccc2c3c1[C@H]1CCC[C@H]1N3CCNC2. The van der Waals surface area contributed by atoms with Crippen LogP contribution in [-0.4, -0.2) is 45.5 Å². The summed E-state index contributed by atoms with van der Waals surface area (Å²) in [6.07, 6.45) is 3.87. The molecule has 0 amide bonds. The van der Waals surface area contributed by atoms with Gasteiger partial charge in [0.15, 0.2) is 0 Å². The molecular weight excluding hydrogens is 318 g/mol. The number of fused-ring (bicyclic) bond motifs is 3. The van der Waals surface area contributed by atoms with Gasteiger partial charge in [0.2, 0.25) is 0 Å². The summed E-state index contributed by atoms with van der Waals surface area (Å²) in [7, 11) is 0. The maximum Gasteiger partial charge on any atom is 0.125 e. The van der Waals surface area contributed by atoms with Crippen LogP contribution in [0.5, 0.6) is 5.75 Å². The average molecular weight is 343 g/mol. The lowest BCUT2D eigenvalue weighted by Gasteiger charge is -2.26. The Hall–Kier alpha value is -1.95. The summed E-state index contributed by atoms with van der Waals surface area (Å²) in [5.41, 5.74) is 12.5. The van der Waals surface area contributed by atoms with Crippen molar-refractivity contribution in [2.24, 2.45) is 5.11 Å². The van der Waals surface area contributed by atoms with Crippen molar-refractivity contribution in [1.82, 2.24) is 5.32 Å². The Labute approximate surface area is 147 Å². The van der Waals surface area contributed by atoms with E-state index in [0.717, 1.165) is 25.4 Å². The number of benzene rings is 1. The first kappa shape index (κ1) is 16.5. The zero-order valence-corrected chi connectivity index (χ0v) is 14.5. The predicted octanol–water partition coefficient (Wildman–Crippen LogP) is 2.95. The monoisotopic (exact) mass is 343 g/mol. The molecule has 2 atom stereocenters. The minimum Gasteiger partial charge on any atom is -0.491 e. The van der Waals surface area contributed by atoms with Crippen molar-refractivity contribution in [3.63, 3.8) is 0 Å². The summed E-state index contributed by atoms with van der Waals surface area (Å²) in [4.78, 5) is 5.34. The lowest BCUT2D eigenvalue weighted by molar-refractivity contribution is 0.105. The van der Waals surface area contributed by atoms with Crippen LogP contribution in [0.3, 0.4) is 0 Å². The van der Waals surface area contributed by atoms with Crippen LogP contribution in [-0.2, 0) is 11.3 Å². The molecule has 134 valence electrons. The van der Waals surface area contributed by atoms with Crippen LogP contribution in [0, 0.1) is 0 Å². The van der Waals surface area contributed by atoms with Gasteiger partial charge in [-0.15, -0.1) is 0 Å². The van der Waals surface area contributed by atoms with E-state index in [1.807, 2.05) is 0 Å². The molecule has 4 rings (SSSR count). The second kappa shape index (κ2) is 7.52. The van der Waals surface area contributed by atoms with E-state index in [1.54, 1.807) is 0 Å². The van der Waals surface area contributed by atoms with Gasteiger partial charge in [-0.2, -0.15) is 0 Å². The molecule has 1 saturated carbocycles. The van der Waals surface area contributed by atoms with Gasteiger partial charge in [0.1, 0.15) is 12.4 Å². The number of anilines is 1. The van der Waals surface area contributed by atoms with Crippen molar-refractivity contribution in [1.29, 1.82) is 0 Å². The Morgan fingerprint density at radius 1 is 1.28 bits per heavy atom. The van der Waals surface area contributed by atoms with E-state index in [0.29, 0.717) is 38.3 Å². The van der Waals surface area contributed by atoms with Crippen LogP contribution in [0.4, 0.5) is 5.69 Å². The first-order chi connectivity index (χ1) is 12.4. The molecule has 7 nitrogen and oxygen atoms in total. The number of azide groups is 1. The second-order valence-corrected chi connectivity index (χ2v) is 6.88. The zero-order chi connectivity index (χ0) is 17.1. The van der Waals surface area contributed by atoms with E-state index in [4.69, 9.17) is 15.0 Å². The molecule has 1 aromatic rings. The number of rotatable bonds is 7. The first-order valence-electron chi connectivity index (χ1n) is 9.24. The number of hydrogen-bond acceptors (Lipinski definition) is 5. The summed E-state index contributed by atoms with van der Waals surface area (Å²) in [6.45, 7) is 4.93. The zero-order valence-electron chi connectivity index (χ0n) is 14.5. The molecule has 2 aliphatic heterocycles. The van der Waals surface area contributed by atoms with Gasteiger partial charge >= 0.3 is 0 Å². The Balaban J connectivity index is 1.47. The van der Waals surface area contributed by atoms with E-state index < -0.39 is 0 Å². The number of nitrogens with zero attached hydrogens (tertiary/aromatic N) is 4. The van der Waals surface area contributed by atoms with Crippen LogP contribution in [0.15, 0.2) is 17.2 Å². The fourth-order valence-corrected chi connectivity index (χ4v) is 4.58. The molecule has 3 aliphatic rings. The lowest BCUT2D eigenvalue weighted by atomic mass is 9.95. The predicted molar refractivity (Wildman–Crippen MR) is 96.2 cm³/mol. The van der Waals surface area contributed by atoms with Crippen molar-refractivity contribution in [3.05, 3.63) is 33.7 Å². The Morgan fingerprint density at radius 3 is 3.16 bits per heavy atom. The van der Waals surface area contributed by atoms with Crippen LogP contribution in [0.25, 0.3) is 10.4 Å². The molecule has 0 unspecified atom stereocenters. The van der Waals surface area contributed by atoms with Crippen molar-refractivity contribution in [2.45, 2.75) is 37.8 Å². The van der Waals surface area contributed by atoms with Gasteiger partial charge in [-0.05, 0) is 30.0 Å². The minimum absolute atomic E-state index is 0.367. The maximum atomic E-state index is 8.24. The van der Waals surface area contributed by atoms with Gasteiger partial charge in [0.05, 0.1) is 13.2 Å². The molecule has 1 N–H and O–H groups in total. The molecule has 1 aromatic carbocycles. The molecule has 0 spiro atoms. The lowest BCUT2D eigenvalue weighted by Crippen LogP contribution is -2.35. The third-order valence-electron chi connectivity index (χ3n) is 5.53.